The summed E-state index contributed by atoms with van der Waals surface area (Å²) in [5.41, 5.74) is 0.770. The standard InChI is InChI=1S/C11H15NO3S/c1-3-8-4-9(11(14)15)12(5-8)10(13)7(2)6-16/h3-4,7,9,16H,1,5-6H2,2H3,(H,14,15)/t7-,9?/m1/s1. The van der Waals surface area contributed by atoms with Crippen LogP contribution in [0, 0.1) is 5.92 Å². The lowest BCUT2D eigenvalue weighted by Crippen LogP contribution is -2.43. The Kier molecular flexibility index (Phi) is 4.18. The number of hydrogen-bond acceptors (Lipinski definition) is 3. The van der Waals surface area contributed by atoms with Crippen molar-refractivity contribution in [3.63, 3.8) is 0 Å². The van der Waals surface area contributed by atoms with Gasteiger partial charge in [0.05, 0.1) is 0 Å². The zero-order valence-electron chi connectivity index (χ0n) is 9.09. The molecule has 1 unspecified atom stereocenters. The highest BCUT2D eigenvalue weighted by Crippen LogP contribution is 2.20. The Bertz CT molecular complexity index is 351. The number of carboxylic acids is 1. The minimum Gasteiger partial charge on any atom is -0.479 e. The highest BCUT2D eigenvalue weighted by Gasteiger charge is 2.34. The first-order chi connectivity index (χ1) is 7.51. The van der Waals surface area contributed by atoms with Gasteiger partial charge in [-0.2, -0.15) is 12.6 Å². The van der Waals surface area contributed by atoms with E-state index >= 15 is 0 Å². The van der Waals surface area contributed by atoms with E-state index in [2.05, 4.69) is 19.2 Å². The summed E-state index contributed by atoms with van der Waals surface area (Å²) in [5.74, 6) is -1.07. The Balaban J connectivity index is 2.86. The molecule has 4 nitrogen and oxygen atoms in total. The highest BCUT2D eigenvalue weighted by atomic mass is 32.1. The predicted molar refractivity (Wildman–Crippen MR) is 64.4 cm³/mol. The van der Waals surface area contributed by atoms with Crippen molar-refractivity contribution in [3.8, 4) is 0 Å². The number of carbonyl (C=O) groups excluding carboxylic acids is 1. The van der Waals surface area contributed by atoms with Crippen molar-refractivity contribution >= 4 is 24.5 Å². The molecule has 1 N–H and O–H groups in total. The van der Waals surface area contributed by atoms with Crippen LogP contribution in [0.15, 0.2) is 24.3 Å². The van der Waals surface area contributed by atoms with Gasteiger partial charge in [0, 0.05) is 18.2 Å². The lowest BCUT2D eigenvalue weighted by molar-refractivity contribution is -0.148. The van der Waals surface area contributed by atoms with Crippen LogP contribution in [0.1, 0.15) is 6.92 Å². The molecule has 0 saturated heterocycles. The number of amides is 1. The molecule has 16 heavy (non-hydrogen) atoms. The largest absolute Gasteiger partial charge is 0.479 e. The average Bonchev–Trinajstić information content (AvgIpc) is 2.71. The molecule has 1 amide bonds. The summed E-state index contributed by atoms with van der Waals surface area (Å²) in [6, 6.07) is -0.872. The second-order valence-electron chi connectivity index (χ2n) is 3.78. The maximum absolute atomic E-state index is 11.9. The van der Waals surface area contributed by atoms with Gasteiger partial charge >= 0.3 is 5.97 Å². The second-order valence-corrected chi connectivity index (χ2v) is 4.14. The number of nitrogens with zero attached hydrogens (tertiary/aromatic N) is 1. The summed E-state index contributed by atoms with van der Waals surface area (Å²) in [6.45, 7) is 5.63. The van der Waals surface area contributed by atoms with Gasteiger partial charge < -0.3 is 10.0 Å². The minimum absolute atomic E-state index is 0.185. The van der Waals surface area contributed by atoms with E-state index in [0.717, 1.165) is 5.57 Å². The van der Waals surface area contributed by atoms with Crippen LogP contribution in [0.5, 0.6) is 0 Å². The number of rotatable bonds is 4. The SMILES string of the molecule is C=CC1=CC(C(=O)O)N(C(=O)[C@H](C)CS)C1. The van der Waals surface area contributed by atoms with E-state index < -0.39 is 12.0 Å². The molecule has 1 aliphatic heterocycles. The van der Waals surface area contributed by atoms with Gasteiger partial charge in [0.1, 0.15) is 6.04 Å². The van der Waals surface area contributed by atoms with Crippen molar-refractivity contribution in [1.82, 2.24) is 4.90 Å². The number of carboxylic acid groups (broad SMARTS) is 1. The van der Waals surface area contributed by atoms with Crippen molar-refractivity contribution in [2.24, 2.45) is 5.92 Å². The molecule has 1 rings (SSSR count). The third-order valence-electron chi connectivity index (χ3n) is 2.55. The van der Waals surface area contributed by atoms with Crippen molar-refractivity contribution in [2.75, 3.05) is 12.3 Å². The summed E-state index contributed by atoms with van der Waals surface area (Å²) >= 11 is 4.04. The Morgan fingerprint density at radius 1 is 1.81 bits per heavy atom. The predicted octanol–water partition coefficient (Wildman–Crippen LogP) is 0.960. The van der Waals surface area contributed by atoms with Crippen molar-refractivity contribution in [2.45, 2.75) is 13.0 Å². The Hall–Kier alpha value is -1.23. The molecular weight excluding hydrogens is 226 g/mol. The van der Waals surface area contributed by atoms with E-state index in [1.807, 2.05) is 0 Å². The summed E-state index contributed by atoms with van der Waals surface area (Å²) in [4.78, 5) is 24.2. The Morgan fingerprint density at radius 3 is 2.88 bits per heavy atom. The van der Waals surface area contributed by atoms with Gasteiger partial charge in [0.25, 0.3) is 0 Å². The van der Waals surface area contributed by atoms with E-state index in [1.165, 1.54) is 4.90 Å². The fourth-order valence-electron chi connectivity index (χ4n) is 1.55. The van der Waals surface area contributed by atoms with Crippen LogP contribution in [0.3, 0.4) is 0 Å². The van der Waals surface area contributed by atoms with Crippen LogP contribution in [0.25, 0.3) is 0 Å². The molecule has 0 aromatic heterocycles. The first-order valence-electron chi connectivity index (χ1n) is 4.98. The molecule has 0 radical (unpaired) electrons. The lowest BCUT2D eigenvalue weighted by atomic mass is 10.1. The number of thiol groups is 1. The third kappa shape index (κ3) is 2.47. The van der Waals surface area contributed by atoms with Crippen LogP contribution in [0.2, 0.25) is 0 Å². The molecule has 0 fully saturated rings. The summed E-state index contributed by atoms with van der Waals surface area (Å²) < 4.78 is 0. The van der Waals surface area contributed by atoms with Crippen LogP contribution in [0.4, 0.5) is 0 Å². The fourth-order valence-corrected chi connectivity index (χ4v) is 1.71. The molecule has 0 aromatic carbocycles. The highest BCUT2D eigenvalue weighted by molar-refractivity contribution is 7.80. The first kappa shape index (κ1) is 12.8. The number of hydrogen-bond donors (Lipinski definition) is 2. The van der Waals surface area contributed by atoms with E-state index in [0.29, 0.717) is 12.3 Å². The average molecular weight is 241 g/mol. The lowest BCUT2D eigenvalue weighted by Gasteiger charge is -2.24. The van der Waals surface area contributed by atoms with Gasteiger partial charge in [-0.15, -0.1) is 0 Å². The Labute approximate surface area is 100 Å². The molecule has 0 aliphatic carbocycles. The van der Waals surface area contributed by atoms with E-state index in [9.17, 15) is 9.59 Å². The molecule has 0 saturated carbocycles. The minimum atomic E-state index is -1.02. The van der Waals surface area contributed by atoms with Crippen molar-refractivity contribution in [3.05, 3.63) is 24.3 Å². The van der Waals surface area contributed by atoms with Gasteiger partial charge in [-0.3, -0.25) is 4.79 Å². The molecule has 1 aliphatic rings. The maximum Gasteiger partial charge on any atom is 0.330 e. The molecule has 88 valence electrons. The maximum atomic E-state index is 11.9. The van der Waals surface area contributed by atoms with Gasteiger partial charge in [-0.1, -0.05) is 19.6 Å². The third-order valence-corrected chi connectivity index (χ3v) is 3.10. The van der Waals surface area contributed by atoms with Gasteiger partial charge in [-0.05, 0) is 11.6 Å². The summed E-state index contributed by atoms with van der Waals surface area (Å²) in [7, 11) is 0. The van der Waals surface area contributed by atoms with Gasteiger partial charge in [0.15, 0.2) is 0 Å². The second kappa shape index (κ2) is 5.21. The zero-order chi connectivity index (χ0) is 12.3. The normalized spacial score (nSPS) is 21.5. The molecule has 0 spiro atoms. The van der Waals surface area contributed by atoms with E-state index in [1.54, 1.807) is 19.1 Å². The first-order valence-corrected chi connectivity index (χ1v) is 5.61. The van der Waals surface area contributed by atoms with Crippen LogP contribution < -0.4 is 0 Å². The van der Waals surface area contributed by atoms with Gasteiger partial charge in [0.2, 0.25) is 5.91 Å². The number of carbonyl (C=O) groups is 2. The van der Waals surface area contributed by atoms with Crippen LogP contribution in [-0.2, 0) is 9.59 Å². The molecule has 2 atom stereocenters. The zero-order valence-corrected chi connectivity index (χ0v) is 9.98. The smallest absolute Gasteiger partial charge is 0.330 e. The van der Waals surface area contributed by atoms with Crippen molar-refractivity contribution in [1.29, 1.82) is 0 Å². The van der Waals surface area contributed by atoms with Crippen LogP contribution >= 0.6 is 12.6 Å². The summed E-state index contributed by atoms with van der Waals surface area (Å²) in [5, 5.41) is 9.01. The van der Waals surface area contributed by atoms with Crippen molar-refractivity contribution < 1.29 is 14.7 Å². The topological polar surface area (TPSA) is 57.6 Å². The van der Waals surface area contributed by atoms with Gasteiger partial charge in [-0.25, -0.2) is 4.79 Å². The monoisotopic (exact) mass is 241 g/mol. The Morgan fingerprint density at radius 2 is 2.44 bits per heavy atom. The molecular formula is C11H15NO3S. The summed E-state index contributed by atoms with van der Waals surface area (Å²) in [6.07, 6.45) is 3.13. The molecule has 0 aromatic rings. The van der Waals surface area contributed by atoms with E-state index in [-0.39, 0.29) is 11.8 Å². The molecule has 5 heteroatoms. The quantitative estimate of drug-likeness (QED) is 0.721. The molecule has 1 heterocycles. The van der Waals surface area contributed by atoms with E-state index in [4.69, 9.17) is 5.11 Å². The van der Waals surface area contributed by atoms with Crippen LogP contribution in [-0.4, -0.2) is 40.2 Å². The fraction of sp³-hybridized carbons (Fsp3) is 0.455. The molecule has 0 bridgehead atoms. The number of aliphatic carboxylic acids is 1.